The Bertz CT molecular complexity index is 890. The molecule has 0 aliphatic carbocycles. The third-order valence-electron chi connectivity index (χ3n) is 5.07. The highest BCUT2D eigenvalue weighted by atomic mass is 32.2. The summed E-state index contributed by atoms with van der Waals surface area (Å²) in [4.78, 5) is 39.4. The van der Waals surface area contributed by atoms with Crippen LogP contribution in [-0.4, -0.2) is 61.5 Å². The lowest BCUT2D eigenvalue weighted by Crippen LogP contribution is -2.48. The molecule has 2 aliphatic heterocycles. The highest BCUT2D eigenvalue weighted by molar-refractivity contribution is 8.14. The fraction of sp³-hybridized carbons (Fsp3) is 0.368. The highest BCUT2D eigenvalue weighted by Crippen LogP contribution is 2.27. The van der Waals surface area contributed by atoms with Crippen molar-refractivity contribution in [2.45, 2.75) is 25.4 Å². The summed E-state index contributed by atoms with van der Waals surface area (Å²) in [5.41, 5.74) is 1.65. The Morgan fingerprint density at radius 3 is 2.50 bits per heavy atom. The summed E-state index contributed by atoms with van der Waals surface area (Å²) in [6.07, 6.45) is 4.61. The molecule has 0 spiro atoms. The molecule has 9 heteroatoms. The van der Waals surface area contributed by atoms with E-state index in [9.17, 15) is 18.8 Å². The van der Waals surface area contributed by atoms with Crippen molar-refractivity contribution in [1.29, 1.82) is 0 Å². The number of nitrogens with zero attached hydrogens (tertiary/aromatic N) is 4. The lowest BCUT2D eigenvalue weighted by molar-refractivity contribution is -0.134. The molecule has 0 saturated carbocycles. The lowest BCUT2D eigenvalue weighted by Gasteiger charge is -2.35. The zero-order valence-electron chi connectivity index (χ0n) is 15.1. The number of piperidine rings is 1. The molecule has 4 rings (SSSR count). The van der Waals surface area contributed by atoms with Crippen LogP contribution in [0, 0.1) is 5.82 Å². The van der Waals surface area contributed by atoms with Crippen molar-refractivity contribution in [3.63, 3.8) is 0 Å². The number of amides is 3. The average molecular weight is 402 g/mol. The van der Waals surface area contributed by atoms with Crippen LogP contribution in [0.15, 0.2) is 36.7 Å². The van der Waals surface area contributed by atoms with Gasteiger partial charge in [0.1, 0.15) is 12.4 Å². The van der Waals surface area contributed by atoms with Gasteiger partial charge in [0.2, 0.25) is 11.8 Å². The van der Waals surface area contributed by atoms with E-state index in [0.717, 1.165) is 22.9 Å². The van der Waals surface area contributed by atoms with Crippen LogP contribution in [0.25, 0.3) is 11.1 Å². The third-order valence-corrected chi connectivity index (χ3v) is 5.91. The molecule has 2 saturated heterocycles. The largest absolute Gasteiger partial charge is 0.341 e. The van der Waals surface area contributed by atoms with E-state index in [1.807, 2.05) is 0 Å². The lowest BCUT2D eigenvalue weighted by atomic mass is 10.0. The van der Waals surface area contributed by atoms with Crippen molar-refractivity contribution in [3.8, 4) is 11.1 Å². The number of hydrogen-bond donors (Lipinski definition) is 0. The number of carbonyl (C=O) groups excluding carboxylic acids is 3. The van der Waals surface area contributed by atoms with E-state index in [-0.39, 0.29) is 41.2 Å². The molecule has 2 aromatic rings. The van der Waals surface area contributed by atoms with Crippen molar-refractivity contribution in [2.24, 2.45) is 0 Å². The number of likely N-dealkylation sites (tertiary alicyclic amines) is 1. The molecule has 3 heterocycles. The van der Waals surface area contributed by atoms with Gasteiger partial charge in [0, 0.05) is 30.9 Å². The smallest absolute Gasteiger partial charge is 0.289 e. The summed E-state index contributed by atoms with van der Waals surface area (Å²) in [5, 5.41) is 4.04. The molecular formula is C19H19FN4O3S. The quantitative estimate of drug-likeness (QED) is 0.785. The molecule has 2 fully saturated rings. The molecule has 1 aromatic carbocycles. The Hall–Kier alpha value is -2.68. The van der Waals surface area contributed by atoms with Crippen molar-refractivity contribution in [1.82, 2.24) is 19.6 Å². The van der Waals surface area contributed by atoms with Crippen LogP contribution in [0.1, 0.15) is 12.8 Å². The number of benzene rings is 1. The fourth-order valence-electron chi connectivity index (χ4n) is 3.57. The average Bonchev–Trinajstić information content (AvgIpc) is 3.29. The van der Waals surface area contributed by atoms with Gasteiger partial charge in [-0.25, -0.2) is 4.39 Å². The first-order valence-electron chi connectivity index (χ1n) is 9.06. The first-order chi connectivity index (χ1) is 13.5. The second kappa shape index (κ2) is 7.75. The van der Waals surface area contributed by atoms with Gasteiger partial charge in [-0.2, -0.15) is 5.10 Å². The molecule has 0 atom stereocenters. The highest BCUT2D eigenvalue weighted by Gasteiger charge is 2.37. The number of thioether (sulfide) groups is 1. The Labute approximate surface area is 165 Å². The number of carbonyl (C=O) groups is 3. The molecule has 2 aliphatic rings. The maximum atomic E-state index is 13.0. The Kier molecular flexibility index (Phi) is 5.17. The van der Waals surface area contributed by atoms with Crippen molar-refractivity contribution in [3.05, 3.63) is 42.5 Å². The zero-order chi connectivity index (χ0) is 19.7. The van der Waals surface area contributed by atoms with E-state index in [1.165, 1.54) is 17.0 Å². The normalized spacial score (nSPS) is 18.2. The fourth-order valence-corrected chi connectivity index (χ4v) is 4.35. The van der Waals surface area contributed by atoms with Crippen molar-refractivity contribution < 1.29 is 18.8 Å². The summed E-state index contributed by atoms with van der Waals surface area (Å²) in [6, 6.07) is 5.99. The van der Waals surface area contributed by atoms with Gasteiger partial charge in [0.15, 0.2) is 0 Å². The van der Waals surface area contributed by atoms with E-state index in [4.69, 9.17) is 0 Å². The van der Waals surface area contributed by atoms with E-state index in [0.29, 0.717) is 25.9 Å². The number of halogens is 1. The Balaban J connectivity index is 1.33. The number of imide groups is 1. The van der Waals surface area contributed by atoms with E-state index < -0.39 is 0 Å². The summed E-state index contributed by atoms with van der Waals surface area (Å²) >= 11 is 1.04. The molecule has 0 radical (unpaired) electrons. The van der Waals surface area contributed by atoms with Gasteiger partial charge in [0.25, 0.3) is 5.24 Å². The number of rotatable bonds is 4. The van der Waals surface area contributed by atoms with Crippen LogP contribution in [-0.2, 0) is 16.1 Å². The summed E-state index contributed by atoms with van der Waals surface area (Å²) in [5.74, 6) is -0.274. The van der Waals surface area contributed by atoms with Crippen LogP contribution in [0.4, 0.5) is 9.18 Å². The predicted octanol–water partition coefficient (Wildman–Crippen LogP) is 2.38. The first kappa shape index (κ1) is 18.7. The summed E-state index contributed by atoms with van der Waals surface area (Å²) in [7, 11) is 0. The van der Waals surface area contributed by atoms with Gasteiger partial charge >= 0.3 is 0 Å². The first-order valence-corrected chi connectivity index (χ1v) is 10.0. The third kappa shape index (κ3) is 3.80. The van der Waals surface area contributed by atoms with Crippen LogP contribution in [0.3, 0.4) is 0 Å². The summed E-state index contributed by atoms with van der Waals surface area (Å²) in [6.45, 7) is 1.14. The van der Waals surface area contributed by atoms with Gasteiger partial charge in [-0.15, -0.1) is 0 Å². The van der Waals surface area contributed by atoms with Crippen LogP contribution >= 0.6 is 11.8 Å². The maximum Gasteiger partial charge on any atom is 0.289 e. The SMILES string of the molecule is O=C(Cn1cc(-c2ccc(F)cc2)cn1)N1CCC(N2C(=O)CSC2=O)CC1. The minimum Gasteiger partial charge on any atom is -0.341 e. The zero-order valence-corrected chi connectivity index (χ0v) is 15.9. The Morgan fingerprint density at radius 2 is 1.86 bits per heavy atom. The molecular weight excluding hydrogens is 383 g/mol. The molecule has 7 nitrogen and oxygen atoms in total. The van der Waals surface area contributed by atoms with Gasteiger partial charge in [-0.1, -0.05) is 23.9 Å². The molecule has 0 bridgehead atoms. The number of aromatic nitrogens is 2. The van der Waals surface area contributed by atoms with Crippen molar-refractivity contribution >= 4 is 28.8 Å². The molecule has 1 aromatic heterocycles. The molecule has 28 heavy (non-hydrogen) atoms. The molecule has 3 amide bonds. The van der Waals surface area contributed by atoms with Gasteiger partial charge < -0.3 is 4.90 Å². The molecule has 146 valence electrons. The topological polar surface area (TPSA) is 75.5 Å². The van der Waals surface area contributed by atoms with Gasteiger partial charge in [0.05, 0.1) is 11.9 Å². The Morgan fingerprint density at radius 1 is 1.14 bits per heavy atom. The van der Waals surface area contributed by atoms with Crippen LogP contribution < -0.4 is 0 Å². The van der Waals surface area contributed by atoms with Gasteiger partial charge in [-0.3, -0.25) is 24.0 Å². The predicted molar refractivity (Wildman–Crippen MR) is 102 cm³/mol. The van der Waals surface area contributed by atoms with E-state index in [2.05, 4.69) is 5.10 Å². The van der Waals surface area contributed by atoms with Crippen LogP contribution in [0.5, 0.6) is 0 Å². The maximum absolute atomic E-state index is 13.0. The minimum atomic E-state index is -0.300. The van der Waals surface area contributed by atoms with E-state index in [1.54, 1.807) is 34.1 Å². The number of hydrogen-bond acceptors (Lipinski definition) is 5. The van der Waals surface area contributed by atoms with Crippen molar-refractivity contribution in [2.75, 3.05) is 18.8 Å². The second-order valence-corrected chi connectivity index (χ2v) is 7.79. The second-order valence-electron chi connectivity index (χ2n) is 6.86. The monoisotopic (exact) mass is 402 g/mol. The molecule has 0 N–H and O–H groups in total. The molecule has 0 unspecified atom stereocenters. The summed E-state index contributed by atoms with van der Waals surface area (Å²) < 4.78 is 14.6. The van der Waals surface area contributed by atoms with Crippen LogP contribution in [0.2, 0.25) is 0 Å². The van der Waals surface area contributed by atoms with E-state index >= 15 is 0 Å². The standard InChI is InChI=1S/C19H19FN4O3S/c20-15-3-1-13(2-4-15)14-9-21-23(10-14)11-17(25)22-7-5-16(6-8-22)24-18(26)12-28-19(24)27/h1-4,9-10,16H,5-8,11-12H2. The minimum absolute atomic E-state index is 0.0549. The van der Waals surface area contributed by atoms with Gasteiger partial charge in [-0.05, 0) is 30.5 Å².